The molecule has 1 rings (SSSR count). The average molecular weight is 234 g/mol. The second-order valence-corrected chi connectivity index (χ2v) is 4.28. The maximum atomic E-state index is 3.00. The zero-order valence-electron chi connectivity index (χ0n) is 12.6. The SMILES string of the molecule is C=C.CC.CCc1cc(C)cc(CC(C)C)c1. The predicted octanol–water partition coefficient (Wildman–Crippen LogP) is 5.58. The Balaban J connectivity index is 0. The van der Waals surface area contributed by atoms with Gasteiger partial charge in [0.25, 0.3) is 0 Å². The molecule has 0 radical (unpaired) electrons. The summed E-state index contributed by atoms with van der Waals surface area (Å²) in [6, 6.07) is 6.93. The van der Waals surface area contributed by atoms with Gasteiger partial charge in [0.2, 0.25) is 0 Å². The lowest BCUT2D eigenvalue weighted by Gasteiger charge is -2.08. The van der Waals surface area contributed by atoms with Crippen LogP contribution in [-0.2, 0) is 12.8 Å². The second-order valence-electron chi connectivity index (χ2n) is 4.28. The highest BCUT2D eigenvalue weighted by molar-refractivity contribution is 5.29. The lowest BCUT2D eigenvalue weighted by atomic mass is 9.98. The van der Waals surface area contributed by atoms with E-state index in [0.29, 0.717) is 0 Å². The zero-order valence-corrected chi connectivity index (χ0v) is 12.6. The molecule has 0 fully saturated rings. The van der Waals surface area contributed by atoms with E-state index in [2.05, 4.69) is 59.1 Å². The van der Waals surface area contributed by atoms with E-state index in [1.165, 1.54) is 23.1 Å². The molecular formula is C17H30. The van der Waals surface area contributed by atoms with Crippen molar-refractivity contribution >= 4 is 0 Å². The Morgan fingerprint density at radius 1 is 1.00 bits per heavy atom. The summed E-state index contributed by atoms with van der Waals surface area (Å²) in [5.74, 6) is 0.756. The standard InChI is InChI=1S/C13H20.C2H6.C2H4/c1-5-12-7-11(4)8-13(9-12)6-10(2)3;2*1-2/h7-10H,5-6H2,1-4H3;1-2H3;1-2H2. The summed E-state index contributed by atoms with van der Waals surface area (Å²) >= 11 is 0. The van der Waals surface area contributed by atoms with Gasteiger partial charge in [-0.15, -0.1) is 13.2 Å². The molecule has 1 aromatic carbocycles. The van der Waals surface area contributed by atoms with Gasteiger partial charge in [0, 0.05) is 0 Å². The van der Waals surface area contributed by atoms with Crippen molar-refractivity contribution < 1.29 is 0 Å². The molecule has 0 unspecified atom stereocenters. The Bertz CT molecular complexity index is 284. The van der Waals surface area contributed by atoms with Crippen LogP contribution in [0.5, 0.6) is 0 Å². The largest absolute Gasteiger partial charge is 0.106 e. The van der Waals surface area contributed by atoms with Crippen molar-refractivity contribution in [3.63, 3.8) is 0 Å². The van der Waals surface area contributed by atoms with Crippen LogP contribution in [-0.4, -0.2) is 0 Å². The molecule has 0 nitrogen and oxygen atoms in total. The van der Waals surface area contributed by atoms with Gasteiger partial charge in [-0.05, 0) is 36.8 Å². The molecule has 0 aliphatic carbocycles. The molecule has 0 saturated carbocycles. The Labute approximate surface area is 109 Å². The molecular weight excluding hydrogens is 204 g/mol. The molecule has 0 aliphatic rings. The van der Waals surface area contributed by atoms with Crippen molar-refractivity contribution in [1.82, 2.24) is 0 Å². The topological polar surface area (TPSA) is 0 Å². The second kappa shape index (κ2) is 11.4. The summed E-state index contributed by atoms with van der Waals surface area (Å²) in [5.41, 5.74) is 4.36. The summed E-state index contributed by atoms with van der Waals surface area (Å²) < 4.78 is 0. The van der Waals surface area contributed by atoms with E-state index in [1.54, 1.807) is 0 Å². The average Bonchev–Trinajstić information content (AvgIpc) is 2.32. The first-order valence-corrected chi connectivity index (χ1v) is 6.71. The van der Waals surface area contributed by atoms with E-state index in [-0.39, 0.29) is 0 Å². The fraction of sp³-hybridized carbons (Fsp3) is 0.529. The van der Waals surface area contributed by atoms with Crippen LogP contribution in [0, 0.1) is 12.8 Å². The van der Waals surface area contributed by atoms with E-state index in [4.69, 9.17) is 0 Å². The Hall–Kier alpha value is -1.04. The third-order valence-corrected chi connectivity index (χ3v) is 2.25. The zero-order chi connectivity index (χ0) is 13.8. The first-order chi connectivity index (χ1) is 8.11. The lowest BCUT2D eigenvalue weighted by molar-refractivity contribution is 0.646. The Morgan fingerprint density at radius 3 is 1.88 bits per heavy atom. The first-order valence-electron chi connectivity index (χ1n) is 6.71. The normalized spacial score (nSPS) is 8.88. The van der Waals surface area contributed by atoms with Crippen LogP contribution in [0.4, 0.5) is 0 Å². The summed E-state index contributed by atoms with van der Waals surface area (Å²) in [7, 11) is 0. The molecule has 0 aliphatic heterocycles. The maximum absolute atomic E-state index is 3.00. The van der Waals surface area contributed by atoms with Gasteiger partial charge >= 0.3 is 0 Å². The fourth-order valence-corrected chi connectivity index (χ4v) is 1.74. The highest BCUT2D eigenvalue weighted by atomic mass is 14.1. The number of hydrogen-bond donors (Lipinski definition) is 0. The molecule has 1 aromatic rings. The summed E-state index contributed by atoms with van der Waals surface area (Å²) in [6.45, 7) is 18.9. The highest BCUT2D eigenvalue weighted by Crippen LogP contribution is 2.14. The van der Waals surface area contributed by atoms with Crippen molar-refractivity contribution in [3.05, 3.63) is 48.0 Å². The summed E-state index contributed by atoms with van der Waals surface area (Å²) in [4.78, 5) is 0. The molecule has 0 saturated heterocycles. The van der Waals surface area contributed by atoms with Crippen LogP contribution in [0.3, 0.4) is 0 Å². The van der Waals surface area contributed by atoms with Gasteiger partial charge in [-0.2, -0.15) is 0 Å². The molecule has 0 amide bonds. The van der Waals surface area contributed by atoms with E-state index < -0.39 is 0 Å². The molecule has 0 N–H and O–H groups in total. The fourth-order valence-electron chi connectivity index (χ4n) is 1.74. The molecule has 98 valence electrons. The van der Waals surface area contributed by atoms with Crippen LogP contribution in [0.15, 0.2) is 31.4 Å². The summed E-state index contributed by atoms with van der Waals surface area (Å²) in [6.07, 6.45) is 2.35. The minimum absolute atomic E-state index is 0.756. The predicted molar refractivity (Wildman–Crippen MR) is 81.7 cm³/mol. The number of benzene rings is 1. The van der Waals surface area contributed by atoms with Gasteiger partial charge in [0.15, 0.2) is 0 Å². The van der Waals surface area contributed by atoms with E-state index >= 15 is 0 Å². The molecule has 0 aromatic heterocycles. The van der Waals surface area contributed by atoms with E-state index in [1.807, 2.05) is 13.8 Å². The van der Waals surface area contributed by atoms with Crippen molar-refractivity contribution in [1.29, 1.82) is 0 Å². The minimum atomic E-state index is 0.756. The quantitative estimate of drug-likeness (QED) is 0.598. The van der Waals surface area contributed by atoms with E-state index in [9.17, 15) is 0 Å². The number of hydrogen-bond acceptors (Lipinski definition) is 0. The van der Waals surface area contributed by atoms with Crippen LogP contribution in [0.25, 0.3) is 0 Å². The van der Waals surface area contributed by atoms with Crippen LogP contribution in [0.2, 0.25) is 0 Å². The smallest absolute Gasteiger partial charge is 0.0255 e. The summed E-state index contributed by atoms with van der Waals surface area (Å²) in [5, 5.41) is 0. The van der Waals surface area contributed by atoms with Crippen LogP contribution in [0.1, 0.15) is 51.3 Å². The number of aryl methyl sites for hydroxylation is 2. The van der Waals surface area contributed by atoms with Crippen LogP contribution >= 0.6 is 0 Å². The Kier molecular flexibility index (Phi) is 12.3. The molecule has 0 atom stereocenters. The van der Waals surface area contributed by atoms with Crippen molar-refractivity contribution in [2.24, 2.45) is 5.92 Å². The van der Waals surface area contributed by atoms with Crippen LogP contribution < -0.4 is 0 Å². The van der Waals surface area contributed by atoms with Gasteiger partial charge < -0.3 is 0 Å². The number of rotatable bonds is 3. The van der Waals surface area contributed by atoms with Crippen molar-refractivity contribution in [2.45, 2.75) is 54.4 Å². The highest BCUT2D eigenvalue weighted by Gasteiger charge is 2.00. The Morgan fingerprint density at radius 2 is 1.47 bits per heavy atom. The first kappa shape index (κ1) is 18.3. The van der Waals surface area contributed by atoms with Gasteiger partial charge in [0.05, 0.1) is 0 Å². The molecule has 0 spiro atoms. The minimum Gasteiger partial charge on any atom is -0.106 e. The van der Waals surface area contributed by atoms with Gasteiger partial charge in [-0.3, -0.25) is 0 Å². The third kappa shape index (κ3) is 8.74. The van der Waals surface area contributed by atoms with Gasteiger partial charge in [0.1, 0.15) is 0 Å². The monoisotopic (exact) mass is 234 g/mol. The van der Waals surface area contributed by atoms with Crippen molar-refractivity contribution in [2.75, 3.05) is 0 Å². The van der Waals surface area contributed by atoms with Gasteiger partial charge in [-0.1, -0.05) is 58.4 Å². The lowest BCUT2D eigenvalue weighted by Crippen LogP contribution is -1.96. The van der Waals surface area contributed by atoms with E-state index in [0.717, 1.165) is 12.3 Å². The molecule has 0 bridgehead atoms. The van der Waals surface area contributed by atoms with Crippen molar-refractivity contribution in [3.8, 4) is 0 Å². The third-order valence-electron chi connectivity index (χ3n) is 2.25. The molecule has 0 heteroatoms. The van der Waals surface area contributed by atoms with Gasteiger partial charge in [-0.25, -0.2) is 0 Å². The maximum Gasteiger partial charge on any atom is -0.0255 e. The molecule has 0 heterocycles. The molecule has 17 heavy (non-hydrogen) atoms.